The predicted octanol–water partition coefficient (Wildman–Crippen LogP) is 4.87. The lowest BCUT2D eigenvalue weighted by molar-refractivity contribution is 0.434. The quantitative estimate of drug-likeness (QED) is 0.728. The Hall–Kier alpha value is -2.26. The van der Waals surface area contributed by atoms with Crippen LogP contribution in [-0.4, -0.2) is 10.6 Å². The highest BCUT2D eigenvalue weighted by Gasteiger charge is 2.19. The highest BCUT2D eigenvalue weighted by atomic mass is 16.5. The Kier molecular flexibility index (Phi) is 4.63. The van der Waals surface area contributed by atoms with Crippen LogP contribution in [0.5, 0.6) is 11.6 Å². The first-order chi connectivity index (χ1) is 11.5. The zero-order valence-electron chi connectivity index (χ0n) is 15.0. The summed E-state index contributed by atoms with van der Waals surface area (Å²) in [6.07, 6.45) is 1.77. The molecule has 1 heterocycles. The van der Waals surface area contributed by atoms with Crippen molar-refractivity contribution in [3.05, 3.63) is 59.2 Å². The molecule has 24 heavy (non-hydrogen) atoms. The SMILES string of the molecule is CCC(N)Cc1c(Oc2cccc(C)c2C)n(C)c2ccccc12. The highest BCUT2D eigenvalue weighted by Crippen LogP contribution is 2.36. The van der Waals surface area contributed by atoms with Gasteiger partial charge in [-0.15, -0.1) is 0 Å². The number of aromatic nitrogens is 1. The molecular formula is C21H26N2O. The van der Waals surface area contributed by atoms with Gasteiger partial charge in [-0.1, -0.05) is 37.3 Å². The van der Waals surface area contributed by atoms with Gasteiger partial charge >= 0.3 is 0 Å². The fraction of sp³-hybridized carbons (Fsp3) is 0.333. The molecule has 3 nitrogen and oxygen atoms in total. The smallest absolute Gasteiger partial charge is 0.204 e. The number of hydrogen-bond acceptors (Lipinski definition) is 2. The van der Waals surface area contributed by atoms with Gasteiger partial charge in [0.25, 0.3) is 0 Å². The number of fused-ring (bicyclic) bond motifs is 1. The van der Waals surface area contributed by atoms with E-state index in [1.54, 1.807) is 0 Å². The minimum atomic E-state index is 0.136. The Bertz CT molecular complexity index is 864. The van der Waals surface area contributed by atoms with E-state index in [-0.39, 0.29) is 6.04 Å². The summed E-state index contributed by atoms with van der Waals surface area (Å²) in [5.74, 6) is 1.81. The lowest BCUT2D eigenvalue weighted by atomic mass is 10.0. The maximum absolute atomic E-state index is 6.39. The molecule has 1 unspecified atom stereocenters. The summed E-state index contributed by atoms with van der Waals surface area (Å²) in [5.41, 5.74) is 11.0. The fourth-order valence-electron chi connectivity index (χ4n) is 3.12. The number of nitrogens with two attached hydrogens (primary N) is 1. The first-order valence-corrected chi connectivity index (χ1v) is 8.58. The molecule has 0 radical (unpaired) electrons. The molecule has 2 N–H and O–H groups in total. The largest absolute Gasteiger partial charge is 0.440 e. The van der Waals surface area contributed by atoms with Crippen molar-refractivity contribution in [1.82, 2.24) is 4.57 Å². The second kappa shape index (κ2) is 6.70. The van der Waals surface area contributed by atoms with Gasteiger partial charge in [0.1, 0.15) is 5.75 Å². The monoisotopic (exact) mass is 322 g/mol. The maximum atomic E-state index is 6.39. The molecule has 0 fully saturated rings. The number of benzene rings is 2. The van der Waals surface area contributed by atoms with Gasteiger partial charge in [0.2, 0.25) is 5.88 Å². The molecule has 126 valence electrons. The summed E-state index contributed by atoms with van der Waals surface area (Å²) in [6.45, 7) is 6.34. The third-order valence-electron chi connectivity index (χ3n) is 4.91. The number of aryl methyl sites for hydroxylation is 2. The van der Waals surface area contributed by atoms with Crippen molar-refractivity contribution in [3.63, 3.8) is 0 Å². The Morgan fingerprint density at radius 1 is 1.08 bits per heavy atom. The van der Waals surface area contributed by atoms with Gasteiger partial charge in [-0.05, 0) is 49.9 Å². The van der Waals surface area contributed by atoms with E-state index in [1.165, 1.54) is 27.6 Å². The molecule has 1 atom stereocenters. The lowest BCUT2D eigenvalue weighted by Crippen LogP contribution is -2.21. The van der Waals surface area contributed by atoms with Gasteiger partial charge < -0.3 is 15.0 Å². The summed E-state index contributed by atoms with van der Waals surface area (Å²) in [5, 5.41) is 1.23. The topological polar surface area (TPSA) is 40.2 Å². The maximum Gasteiger partial charge on any atom is 0.204 e. The van der Waals surface area contributed by atoms with Crippen molar-refractivity contribution < 1.29 is 4.74 Å². The first kappa shape index (κ1) is 16.6. The Labute approximate surface area is 144 Å². The van der Waals surface area contributed by atoms with Gasteiger partial charge in [0.05, 0.1) is 5.52 Å². The van der Waals surface area contributed by atoms with Crippen LogP contribution >= 0.6 is 0 Å². The van der Waals surface area contributed by atoms with Crippen LogP contribution < -0.4 is 10.5 Å². The molecule has 3 rings (SSSR count). The van der Waals surface area contributed by atoms with Crippen molar-refractivity contribution in [2.45, 2.75) is 39.7 Å². The van der Waals surface area contributed by atoms with Gasteiger partial charge in [0, 0.05) is 24.0 Å². The van der Waals surface area contributed by atoms with Gasteiger partial charge in [-0.2, -0.15) is 0 Å². The zero-order valence-corrected chi connectivity index (χ0v) is 15.0. The normalized spacial score (nSPS) is 12.5. The van der Waals surface area contributed by atoms with Crippen LogP contribution in [0.3, 0.4) is 0 Å². The number of para-hydroxylation sites is 1. The van der Waals surface area contributed by atoms with Crippen LogP contribution in [0.4, 0.5) is 0 Å². The molecule has 3 aromatic rings. The van der Waals surface area contributed by atoms with E-state index in [0.717, 1.165) is 24.5 Å². The zero-order chi connectivity index (χ0) is 17.3. The second-order valence-corrected chi connectivity index (χ2v) is 6.53. The summed E-state index contributed by atoms with van der Waals surface area (Å²) in [7, 11) is 2.06. The molecule has 1 aromatic heterocycles. The summed E-state index contributed by atoms with van der Waals surface area (Å²) in [6, 6.07) is 14.7. The number of hydrogen-bond donors (Lipinski definition) is 1. The molecule has 0 saturated heterocycles. The third kappa shape index (κ3) is 2.92. The molecule has 3 heteroatoms. The van der Waals surface area contributed by atoms with Crippen molar-refractivity contribution >= 4 is 10.9 Å². The Morgan fingerprint density at radius 2 is 1.83 bits per heavy atom. The first-order valence-electron chi connectivity index (χ1n) is 8.58. The molecule has 0 aliphatic heterocycles. The fourth-order valence-corrected chi connectivity index (χ4v) is 3.12. The summed E-state index contributed by atoms with van der Waals surface area (Å²) < 4.78 is 8.52. The van der Waals surface area contributed by atoms with Crippen molar-refractivity contribution in [1.29, 1.82) is 0 Å². The number of ether oxygens (including phenoxy) is 1. The highest BCUT2D eigenvalue weighted by molar-refractivity contribution is 5.87. The molecule has 0 spiro atoms. The van der Waals surface area contributed by atoms with E-state index in [0.29, 0.717) is 0 Å². The molecule has 0 bridgehead atoms. The summed E-state index contributed by atoms with van der Waals surface area (Å²) in [4.78, 5) is 0. The van der Waals surface area contributed by atoms with Crippen LogP contribution in [-0.2, 0) is 13.5 Å². The van der Waals surface area contributed by atoms with Crippen LogP contribution in [0, 0.1) is 13.8 Å². The van der Waals surface area contributed by atoms with Crippen LogP contribution in [0.1, 0.15) is 30.0 Å². The summed E-state index contributed by atoms with van der Waals surface area (Å²) >= 11 is 0. The minimum absolute atomic E-state index is 0.136. The molecule has 0 aliphatic rings. The van der Waals surface area contributed by atoms with Crippen molar-refractivity contribution in [3.8, 4) is 11.6 Å². The number of nitrogens with zero attached hydrogens (tertiary/aromatic N) is 1. The van der Waals surface area contributed by atoms with Crippen LogP contribution in [0.2, 0.25) is 0 Å². The third-order valence-corrected chi connectivity index (χ3v) is 4.91. The van der Waals surface area contributed by atoms with Gasteiger partial charge in [-0.25, -0.2) is 0 Å². The van der Waals surface area contributed by atoms with E-state index in [2.05, 4.69) is 62.7 Å². The van der Waals surface area contributed by atoms with Crippen LogP contribution in [0.25, 0.3) is 10.9 Å². The lowest BCUT2D eigenvalue weighted by Gasteiger charge is -2.15. The molecule has 0 aliphatic carbocycles. The Balaban J connectivity index is 2.13. The average molecular weight is 322 g/mol. The van der Waals surface area contributed by atoms with E-state index in [1.807, 2.05) is 12.1 Å². The van der Waals surface area contributed by atoms with E-state index in [4.69, 9.17) is 10.5 Å². The van der Waals surface area contributed by atoms with Gasteiger partial charge in [-0.3, -0.25) is 0 Å². The standard InChI is InChI=1S/C21H26N2O/c1-5-16(22)13-18-17-10-6-7-11-19(17)23(4)21(18)24-20-12-8-9-14(2)15(20)3/h6-12,16H,5,13,22H2,1-4H3. The molecule has 0 amide bonds. The van der Waals surface area contributed by atoms with Crippen molar-refractivity contribution in [2.75, 3.05) is 0 Å². The number of rotatable bonds is 5. The second-order valence-electron chi connectivity index (χ2n) is 6.53. The van der Waals surface area contributed by atoms with E-state index in [9.17, 15) is 0 Å². The van der Waals surface area contributed by atoms with Crippen molar-refractivity contribution in [2.24, 2.45) is 12.8 Å². The molecule has 2 aromatic carbocycles. The van der Waals surface area contributed by atoms with E-state index < -0.39 is 0 Å². The molecular weight excluding hydrogens is 296 g/mol. The van der Waals surface area contributed by atoms with E-state index >= 15 is 0 Å². The average Bonchev–Trinajstić information content (AvgIpc) is 2.85. The minimum Gasteiger partial charge on any atom is -0.440 e. The van der Waals surface area contributed by atoms with Crippen LogP contribution in [0.15, 0.2) is 42.5 Å². The molecule has 0 saturated carbocycles. The Morgan fingerprint density at radius 3 is 2.58 bits per heavy atom. The van der Waals surface area contributed by atoms with Gasteiger partial charge in [0.15, 0.2) is 0 Å². The predicted molar refractivity (Wildman–Crippen MR) is 101 cm³/mol.